The highest BCUT2D eigenvalue weighted by atomic mass is 16.3. The van der Waals surface area contributed by atoms with Crippen LogP contribution in [-0.4, -0.2) is 46.4 Å². The molecule has 138 valence electrons. The number of piperidine rings is 2. The summed E-state index contributed by atoms with van der Waals surface area (Å²) in [6, 6.07) is 10.5. The van der Waals surface area contributed by atoms with Crippen molar-refractivity contribution in [2.24, 2.45) is 5.92 Å². The van der Waals surface area contributed by atoms with Crippen molar-refractivity contribution in [2.75, 3.05) is 19.6 Å². The molecule has 2 aliphatic rings. The van der Waals surface area contributed by atoms with Crippen LogP contribution in [0.15, 0.2) is 41.0 Å². The Morgan fingerprint density at radius 2 is 2.08 bits per heavy atom. The zero-order valence-electron chi connectivity index (χ0n) is 15.4. The summed E-state index contributed by atoms with van der Waals surface area (Å²) in [4.78, 5) is 21.5. The standard InChI is InChI=1S/C21H27N3O2/c1-2-11-24-19-10-12-23(13-17(19)8-9-20(24)25)14-18-15-26-21(22-18)16-6-4-3-5-7-16/h3-7,15,17,19H,2,8-14H2,1H3/t17-,19+/m0/s1. The lowest BCUT2D eigenvalue weighted by Gasteiger charge is -2.47. The third kappa shape index (κ3) is 3.54. The molecule has 1 aromatic carbocycles. The van der Waals surface area contributed by atoms with Crippen LogP contribution in [0.2, 0.25) is 0 Å². The van der Waals surface area contributed by atoms with Crippen LogP contribution >= 0.6 is 0 Å². The number of carbonyl (C=O) groups excluding carboxylic acids is 1. The molecule has 5 heteroatoms. The van der Waals surface area contributed by atoms with Gasteiger partial charge in [-0.3, -0.25) is 9.69 Å². The fraction of sp³-hybridized carbons (Fsp3) is 0.524. The van der Waals surface area contributed by atoms with E-state index < -0.39 is 0 Å². The Balaban J connectivity index is 1.39. The molecule has 0 aliphatic carbocycles. The number of hydrogen-bond donors (Lipinski definition) is 0. The van der Waals surface area contributed by atoms with Crippen LogP contribution in [0.25, 0.3) is 11.5 Å². The van der Waals surface area contributed by atoms with Gasteiger partial charge in [0.05, 0.1) is 5.69 Å². The Morgan fingerprint density at radius 1 is 1.23 bits per heavy atom. The molecule has 2 saturated heterocycles. The van der Waals surface area contributed by atoms with Gasteiger partial charge in [-0.2, -0.15) is 0 Å². The maximum atomic E-state index is 12.2. The van der Waals surface area contributed by atoms with E-state index in [1.165, 1.54) is 0 Å². The molecule has 3 heterocycles. The second kappa shape index (κ2) is 7.62. The molecule has 2 aliphatic heterocycles. The number of nitrogens with zero attached hydrogens (tertiary/aromatic N) is 3. The van der Waals surface area contributed by atoms with Crippen LogP contribution < -0.4 is 0 Å². The first-order valence-electron chi connectivity index (χ1n) is 9.76. The van der Waals surface area contributed by atoms with Crippen molar-refractivity contribution in [1.29, 1.82) is 0 Å². The van der Waals surface area contributed by atoms with Crippen molar-refractivity contribution >= 4 is 5.91 Å². The average molecular weight is 353 g/mol. The van der Waals surface area contributed by atoms with Crippen LogP contribution in [0.3, 0.4) is 0 Å². The smallest absolute Gasteiger partial charge is 0.226 e. The van der Waals surface area contributed by atoms with Gasteiger partial charge in [0.25, 0.3) is 0 Å². The van der Waals surface area contributed by atoms with Crippen molar-refractivity contribution in [2.45, 2.75) is 45.2 Å². The topological polar surface area (TPSA) is 49.6 Å². The van der Waals surface area contributed by atoms with Gasteiger partial charge in [-0.15, -0.1) is 0 Å². The predicted molar refractivity (Wildman–Crippen MR) is 100 cm³/mol. The predicted octanol–water partition coefficient (Wildman–Crippen LogP) is 3.56. The zero-order valence-corrected chi connectivity index (χ0v) is 15.4. The Labute approximate surface area is 155 Å². The van der Waals surface area contributed by atoms with Gasteiger partial charge in [0, 0.05) is 44.2 Å². The Bertz CT molecular complexity index is 743. The monoisotopic (exact) mass is 353 g/mol. The Kier molecular flexibility index (Phi) is 5.07. The molecule has 0 N–H and O–H groups in total. The van der Waals surface area contributed by atoms with E-state index in [2.05, 4.69) is 21.7 Å². The highest BCUT2D eigenvalue weighted by Gasteiger charge is 2.38. The molecule has 1 aromatic heterocycles. The lowest BCUT2D eigenvalue weighted by atomic mass is 9.83. The molecule has 4 rings (SSSR count). The third-order valence-electron chi connectivity index (χ3n) is 5.65. The first-order chi connectivity index (χ1) is 12.7. The minimum Gasteiger partial charge on any atom is -0.444 e. The molecule has 1 amide bonds. The Morgan fingerprint density at radius 3 is 2.88 bits per heavy atom. The van der Waals surface area contributed by atoms with Crippen molar-refractivity contribution in [1.82, 2.24) is 14.8 Å². The number of benzene rings is 1. The fourth-order valence-corrected chi connectivity index (χ4v) is 4.42. The van der Waals surface area contributed by atoms with Gasteiger partial charge in [0.1, 0.15) is 6.26 Å². The van der Waals surface area contributed by atoms with Gasteiger partial charge in [0.2, 0.25) is 11.8 Å². The van der Waals surface area contributed by atoms with E-state index in [0.717, 1.165) is 56.7 Å². The highest BCUT2D eigenvalue weighted by Crippen LogP contribution is 2.32. The van der Waals surface area contributed by atoms with Gasteiger partial charge in [-0.1, -0.05) is 25.1 Å². The van der Waals surface area contributed by atoms with E-state index in [9.17, 15) is 4.79 Å². The SMILES string of the molecule is CCCN1C(=O)CC[C@H]2CN(Cc3coc(-c4ccccc4)n3)CC[C@H]21. The second-order valence-corrected chi connectivity index (χ2v) is 7.49. The van der Waals surface area contributed by atoms with Gasteiger partial charge in [0.15, 0.2) is 0 Å². The molecular formula is C21H27N3O2. The first kappa shape index (κ1) is 17.3. The normalized spacial score (nSPS) is 23.9. The summed E-state index contributed by atoms with van der Waals surface area (Å²) in [6.07, 6.45) is 5.62. The number of hydrogen-bond acceptors (Lipinski definition) is 4. The molecule has 2 fully saturated rings. The first-order valence-corrected chi connectivity index (χ1v) is 9.76. The quantitative estimate of drug-likeness (QED) is 0.825. The van der Waals surface area contributed by atoms with Crippen LogP contribution in [0.1, 0.15) is 38.3 Å². The average Bonchev–Trinajstić information content (AvgIpc) is 3.13. The molecule has 0 saturated carbocycles. The van der Waals surface area contributed by atoms with E-state index in [4.69, 9.17) is 4.42 Å². The molecule has 2 aromatic rings. The number of likely N-dealkylation sites (tertiary alicyclic amines) is 2. The van der Waals surface area contributed by atoms with Crippen molar-refractivity contribution < 1.29 is 9.21 Å². The molecule has 26 heavy (non-hydrogen) atoms. The summed E-state index contributed by atoms with van der Waals surface area (Å²) in [5.41, 5.74) is 2.00. The number of amides is 1. The van der Waals surface area contributed by atoms with E-state index in [0.29, 0.717) is 30.2 Å². The minimum absolute atomic E-state index is 0.352. The lowest BCUT2D eigenvalue weighted by Crippen LogP contribution is -2.55. The molecule has 0 bridgehead atoms. The van der Waals surface area contributed by atoms with E-state index in [-0.39, 0.29) is 0 Å². The van der Waals surface area contributed by atoms with E-state index in [1.54, 1.807) is 6.26 Å². The number of fused-ring (bicyclic) bond motifs is 1. The minimum atomic E-state index is 0.352. The summed E-state index contributed by atoms with van der Waals surface area (Å²) in [5, 5.41) is 0. The van der Waals surface area contributed by atoms with Crippen molar-refractivity contribution in [3.63, 3.8) is 0 Å². The van der Waals surface area contributed by atoms with Crippen LogP contribution in [0, 0.1) is 5.92 Å². The third-order valence-corrected chi connectivity index (χ3v) is 5.65. The zero-order chi connectivity index (χ0) is 17.9. The summed E-state index contributed by atoms with van der Waals surface area (Å²) in [5.74, 6) is 1.63. The fourth-order valence-electron chi connectivity index (χ4n) is 4.42. The summed E-state index contributed by atoms with van der Waals surface area (Å²) >= 11 is 0. The van der Waals surface area contributed by atoms with Gasteiger partial charge >= 0.3 is 0 Å². The number of carbonyl (C=O) groups is 1. The van der Waals surface area contributed by atoms with Gasteiger partial charge in [-0.25, -0.2) is 4.98 Å². The number of rotatable bonds is 5. The van der Waals surface area contributed by atoms with Crippen LogP contribution in [0.4, 0.5) is 0 Å². The maximum absolute atomic E-state index is 12.2. The summed E-state index contributed by atoms with van der Waals surface area (Å²) in [6.45, 7) is 5.94. The van der Waals surface area contributed by atoms with E-state index in [1.807, 2.05) is 30.3 Å². The molecule has 0 unspecified atom stereocenters. The molecule has 0 spiro atoms. The highest BCUT2D eigenvalue weighted by molar-refractivity contribution is 5.77. The van der Waals surface area contributed by atoms with Crippen molar-refractivity contribution in [3.05, 3.63) is 42.3 Å². The van der Waals surface area contributed by atoms with Gasteiger partial charge in [-0.05, 0) is 37.3 Å². The van der Waals surface area contributed by atoms with Gasteiger partial charge < -0.3 is 9.32 Å². The maximum Gasteiger partial charge on any atom is 0.226 e. The van der Waals surface area contributed by atoms with E-state index >= 15 is 0 Å². The van der Waals surface area contributed by atoms with Crippen LogP contribution in [-0.2, 0) is 11.3 Å². The Hall–Kier alpha value is -2.14. The summed E-state index contributed by atoms with van der Waals surface area (Å²) < 4.78 is 5.67. The number of aromatic nitrogens is 1. The van der Waals surface area contributed by atoms with Crippen molar-refractivity contribution in [3.8, 4) is 11.5 Å². The van der Waals surface area contributed by atoms with Crippen LogP contribution in [0.5, 0.6) is 0 Å². The molecule has 2 atom stereocenters. The molecule has 5 nitrogen and oxygen atoms in total. The summed E-state index contributed by atoms with van der Waals surface area (Å²) in [7, 11) is 0. The molecule has 0 radical (unpaired) electrons. The molecular weight excluding hydrogens is 326 g/mol. The number of oxazole rings is 1. The second-order valence-electron chi connectivity index (χ2n) is 7.49. The lowest BCUT2D eigenvalue weighted by molar-refractivity contribution is -0.141. The largest absolute Gasteiger partial charge is 0.444 e.